The predicted molar refractivity (Wildman–Crippen MR) is 138 cm³/mol. The molecule has 4 nitrogen and oxygen atoms in total. The van der Waals surface area contributed by atoms with E-state index in [-0.39, 0.29) is 11.8 Å². The van der Waals surface area contributed by atoms with Gasteiger partial charge >= 0.3 is 6.03 Å². The first kappa shape index (κ1) is 22.9. The number of benzene rings is 3. The number of primary amides is 1. The first-order chi connectivity index (χ1) is 15.7. The summed E-state index contributed by atoms with van der Waals surface area (Å²) in [5, 5.41) is 2.22. The summed E-state index contributed by atoms with van der Waals surface area (Å²) >= 11 is 6.37. The average Bonchev–Trinajstić information content (AvgIpc) is 3.11. The molecule has 0 fully saturated rings. The quantitative estimate of drug-likeness (QED) is 0.324. The average molecular weight is 461 g/mol. The SMILES string of the molecule is Cc1ccccc1-c1oc(N(C(N)=O)c2c(C(C)C)cccc2C(C)C)c2ccc(Cl)cc12. The minimum atomic E-state index is -0.591. The van der Waals surface area contributed by atoms with E-state index in [1.807, 2.05) is 61.5 Å². The number of nitrogens with two attached hydrogens (primary N) is 1. The highest BCUT2D eigenvalue weighted by molar-refractivity contribution is 6.31. The van der Waals surface area contributed by atoms with Crippen LogP contribution in [0, 0.1) is 6.92 Å². The Hall–Kier alpha value is -3.24. The summed E-state index contributed by atoms with van der Waals surface area (Å²) in [7, 11) is 0. The van der Waals surface area contributed by atoms with Gasteiger partial charge in [0.1, 0.15) is 5.76 Å². The van der Waals surface area contributed by atoms with Crippen molar-refractivity contribution in [3.05, 3.63) is 82.4 Å². The Kier molecular flexibility index (Phi) is 6.22. The fourth-order valence-corrected chi connectivity index (χ4v) is 4.55. The summed E-state index contributed by atoms with van der Waals surface area (Å²) in [5.74, 6) is 1.45. The highest BCUT2D eigenvalue weighted by atomic mass is 35.5. The van der Waals surface area contributed by atoms with Gasteiger partial charge in [-0.3, -0.25) is 0 Å². The molecule has 33 heavy (non-hydrogen) atoms. The highest BCUT2D eigenvalue weighted by Gasteiger charge is 2.30. The standard InChI is InChI=1S/C28H29ClN2O2/c1-16(2)20-11-8-12-21(17(3)4)25(20)31(28(30)32)27-23-14-13-19(29)15-24(23)26(33-27)22-10-7-6-9-18(22)5/h6-17H,1-5H3,(H2,30,32). The third-order valence-electron chi connectivity index (χ3n) is 6.03. The third kappa shape index (κ3) is 4.11. The number of amides is 2. The second kappa shape index (κ2) is 8.95. The van der Waals surface area contributed by atoms with Gasteiger partial charge in [-0.1, -0.05) is 81.8 Å². The Morgan fingerprint density at radius 3 is 2.12 bits per heavy atom. The van der Waals surface area contributed by atoms with Gasteiger partial charge in [0.2, 0.25) is 5.88 Å². The number of furan rings is 1. The summed E-state index contributed by atoms with van der Waals surface area (Å²) in [5.41, 5.74) is 10.9. The van der Waals surface area contributed by atoms with Crippen molar-refractivity contribution >= 4 is 40.0 Å². The summed E-state index contributed by atoms with van der Waals surface area (Å²) in [6.45, 7) is 10.5. The van der Waals surface area contributed by atoms with Crippen molar-refractivity contribution in [1.82, 2.24) is 0 Å². The van der Waals surface area contributed by atoms with Crippen LogP contribution in [-0.2, 0) is 0 Å². The molecule has 0 aliphatic heterocycles. The van der Waals surface area contributed by atoms with Crippen LogP contribution in [0.1, 0.15) is 56.2 Å². The van der Waals surface area contributed by atoms with Crippen LogP contribution in [0.5, 0.6) is 0 Å². The number of nitrogens with zero attached hydrogens (tertiary/aromatic N) is 1. The lowest BCUT2D eigenvalue weighted by atomic mass is 9.92. The number of halogens is 1. The molecule has 2 amide bonds. The summed E-state index contributed by atoms with van der Waals surface area (Å²) in [6.07, 6.45) is 0. The summed E-state index contributed by atoms with van der Waals surface area (Å²) in [6, 6.07) is 19.1. The van der Waals surface area contributed by atoms with Crippen molar-refractivity contribution in [3.8, 4) is 11.3 Å². The molecule has 0 radical (unpaired) electrons. The topological polar surface area (TPSA) is 59.5 Å². The number of rotatable bonds is 5. The van der Waals surface area contributed by atoms with Crippen LogP contribution in [-0.4, -0.2) is 6.03 Å². The fraction of sp³-hybridized carbons (Fsp3) is 0.250. The Morgan fingerprint density at radius 2 is 1.55 bits per heavy atom. The van der Waals surface area contributed by atoms with Crippen LogP contribution in [0.15, 0.2) is 65.1 Å². The monoisotopic (exact) mass is 460 g/mol. The van der Waals surface area contributed by atoms with E-state index in [1.165, 1.54) is 4.90 Å². The van der Waals surface area contributed by atoms with Crippen LogP contribution >= 0.6 is 11.6 Å². The normalized spacial score (nSPS) is 11.5. The number of urea groups is 1. The lowest BCUT2D eigenvalue weighted by molar-refractivity contribution is 0.255. The Labute approximate surface area is 200 Å². The molecule has 0 unspecified atom stereocenters. The maximum atomic E-state index is 13.0. The Balaban J connectivity index is 2.08. The molecule has 4 rings (SSSR count). The van der Waals surface area contributed by atoms with Crippen LogP contribution in [0.4, 0.5) is 16.4 Å². The molecule has 0 spiro atoms. The van der Waals surface area contributed by atoms with Gasteiger partial charge in [0.05, 0.1) is 5.69 Å². The number of hydrogen-bond donors (Lipinski definition) is 1. The number of aryl methyl sites for hydroxylation is 1. The number of fused-ring (bicyclic) bond motifs is 1. The van der Waals surface area contributed by atoms with Crippen molar-refractivity contribution < 1.29 is 9.21 Å². The van der Waals surface area contributed by atoms with Crippen LogP contribution in [0.25, 0.3) is 22.1 Å². The zero-order chi connectivity index (χ0) is 23.9. The zero-order valence-corrected chi connectivity index (χ0v) is 20.4. The first-order valence-electron chi connectivity index (χ1n) is 11.2. The molecule has 1 aromatic heterocycles. The molecule has 0 saturated carbocycles. The smallest absolute Gasteiger partial charge is 0.326 e. The summed E-state index contributed by atoms with van der Waals surface area (Å²) in [4.78, 5) is 14.6. The third-order valence-corrected chi connectivity index (χ3v) is 6.27. The second-order valence-corrected chi connectivity index (χ2v) is 9.45. The minimum Gasteiger partial charge on any atom is -0.438 e. The molecule has 170 valence electrons. The van der Waals surface area contributed by atoms with Crippen molar-refractivity contribution in [3.63, 3.8) is 0 Å². The van der Waals surface area contributed by atoms with Crippen LogP contribution < -0.4 is 10.6 Å². The van der Waals surface area contributed by atoms with Gasteiger partial charge in [0.25, 0.3) is 0 Å². The van der Waals surface area contributed by atoms with E-state index in [9.17, 15) is 4.79 Å². The van der Waals surface area contributed by atoms with Crippen LogP contribution in [0.3, 0.4) is 0 Å². The van der Waals surface area contributed by atoms with E-state index in [2.05, 4.69) is 27.7 Å². The van der Waals surface area contributed by atoms with E-state index in [1.54, 1.807) is 6.07 Å². The molecule has 5 heteroatoms. The maximum Gasteiger partial charge on any atom is 0.326 e. The molecule has 0 aliphatic carbocycles. The largest absolute Gasteiger partial charge is 0.438 e. The van der Waals surface area contributed by atoms with Crippen molar-refractivity contribution in [2.45, 2.75) is 46.5 Å². The number of para-hydroxylation sites is 1. The van der Waals surface area contributed by atoms with Crippen molar-refractivity contribution in [2.75, 3.05) is 4.90 Å². The number of hydrogen-bond acceptors (Lipinski definition) is 2. The van der Waals surface area contributed by atoms with Gasteiger partial charge in [0.15, 0.2) is 0 Å². The molecule has 0 bridgehead atoms. The van der Waals surface area contributed by atoms with E-state index >= 15 is 0 Å². The van der Waals surface area contributed by atoms with Crippen molar-refractivity contribution in [1.29, 1.82) is 0 Å². The van der Waals surface area contributed by atoms with E-state index in [0.717, 1.165) is 38.7 Å². The molecular weight excluding hydrogens is 432 g/mol. The van der Waals surface area contributed by atoms with Crippen LogP contribution in [0.2, 0.25) is 5.02 Å². The molecule has 0 saturated heterocycles. The predicted octanol–water partition coefficient (Wildman–Crippen LogP) is 8.53. The zero-order valence-electron chi connectivity index (χ0n) is 19.6. The highest BCUT2D eigenvalue weighted by Crippen LogP contribution is 2.46. The Morgan fingerprint density at radius 1 is 0.909 bits per heavy atom. The lowest BCUT2D eigenvalue weighted by Crippen LogP contribution is -2.33. The minimum absolute atomic E-state index is 0.187. The van der Waals surface area contributed by atoms with Gasteiger partial charge in [0, 0.05) is 21.4 Å². The van der Waals surface area contributed by atoms with Crippen molar-refractivity contribution in [2.24, 2.45) is 5.73 Å². The van der Waals surface area contributed by atoms with E-state index in [4.69, 9.17) is 21.8 Å². The fourth-order valence-electron chi connectivity index (χ4n) is 4.37. The number of carbonyl (C=O) groups is 1. The maximum absolute atomic E-state index is 13.0. The molecular formula is C28H29ClN2O2. The van der Waals surface area contributed by atoms with E-state index < -0.39 is 6.03 Å². The molecule has 3 aromatic carbocycles. The van der Waals surface area contributed by atoms with Gasteiger partial charge in [-0.05, 0) is 53.6 Å². The second-order valence-electron chi connectivity index (χ2n) is 9.01. The number of anilines is 2. The Bertz CT molecular complexity index is 1310. The van der Waals surface area contributed by atoms with Gasteiger partial charge in [-0.15, -0.1) is 0 Å². The molecule has 2 N–H and O–H groups in total. The number of carbonyl (C=O) groups excluding carboxylic acids is 1. The lowest BCUT2D eigenvalue weighted by Gasteiger charge is -2.27. The molecule has 0 aliphatic rings. The molecule has 1 heterocycles. The van der Waals surface area contributed by atoms with E-state index in [0.29, 0.717) is 16.7 Å². The first-order valence-corrected chi connectivity index (χ1v) is 11.6. The van der Waals surface area contributed by atoms with Gasteiger partial charge in [-0.25, -0.2) is 9.69 Å². The molecule has 4 aromatic rings. The van der Waals surface area contributed by atoms with Gasteiger partial charge < -0.3 is 10.2 Å². The molecule has 0 atom stereocenters. The van der Waals surface area contributed by atoms with Gasteiger partial charge in [-0.2, -0.15) is 0 Å². The summed E-state index contributed by atoms with van der Waals surface area (Å²) < 4.78 is 6.50.